The van der Waals surface area contributed by atoms with Crippen molar-refractivity contribution >= 4 is 10.8 Å². The first-order chi connectivity index (χ1) is 21.0. The Morgan fingerprint density at radius 3 is 1.47 bits per heavy atom. The summed E-state index contributed by atoms with van der Waals surface area (Å²) in [5.41, 5.74) is 5.27. The van der Waals surface area contributed by atoms with Crippen LogP contribution in [0.4, 0.5) is 0 Å². The van der Waals surface area contributed by atoms with Crippen LogP contribution in [0.25, 0.3) is 0 Å². The third-order valence-electron chi connectivity index (χ3n) is 7.34. The van der Waals surface area contributed by atoms with E-state index in [-0.39, 0.29) is 11.7 Å². The minimum atomic E-state index is -1.02. The Morgan fingerprint density at radius 2 is 1.05 bits per heavy atom. The fraction of sp³-hybridized carbons (Fsp3) is 0.351. The number of hydrogen-bond donors (Lipinski definition) is 0. The highest BCUT2D eigenvalue weighted by molar-refractivity contribution is 7.84. The third-order valence-corrected chi connectivity index (χ3v) is 8.28. The summed E-state index contributed by atoms with van der Waals surface area (Å²) in [6, 6.07) is 37.1. The largest absolute Gasteiger partial charge is 0.376 e. The lowest BCUT2D eigenvalue weighted by atomic mass is 9.77. The molecule has 0 aliphatic rings. The van der Waals surface area contributed by atoms with Gasteiger partial charge >= 0.3 is 0 Å². The van der Waals surface area contributed by atoms with Crippen LogP contribution < -0.4 is 0 Å². The van der Waals surface area contributed by atoms with Gasteiger partial charge in [-0.15, -0.1) is 0 Å². The van der Waals surface area contributed by atoms with Gasteiger partial charge in [-0.3, -0.25) is 4.21 Å². The molecule has 1 atom stereocenters. The lowest BCUT2D eigenvalue weighted by Crippen LogP contribution is -2.37. The molecule has 6 heteroatoms. The van der Waals surface area contributed by atoms with E-state index in [1.807, 2.05) is 62.4 Å². The Balaban J connectivity index is 1.61. The maximum absolute atomic E-state index is 12.0. The second kappa shape index (κ2) is 17.2. The molecule has 0 aliphatic carbocycles. The normalized spacial score (nSPS) is 12.5. The van der Waals surface area contributed by atoms with Gasteiger partial charge in [0.05, 0.1) is 26.4 Å². The van der Waals surface area contributed by atoms with Gasteiger partial charge in [-0.05, 0) is 61.1 Å². The minimum absolute atomic E-state index is 0.350. The lowest BCUT2D eigenvalue weighted by Gasteiger charge is -2.34. The summed E-state index contributed by atoms with van der Waals surface area (Å²) in [4.78, 5) is 0.823. The Kier molecular flexibility index (Phi) is 13.1. The molecule has 0 aromatic heterocycles. The quantitative estimate of drug-likeness (QED) is 0.110. The van der Waals surface area contributed by atoms with E-state index in [1.165, 1.54) is 5.56 Å². The van der Waals surface area contributed by atoms with Crippen LogP contribution in [0.5, 0.6) is 0 Å². The van der Waals surface area contributed by atoms with Crippen LogP contribution in [0.15, 0.2) is 114 Å². The van der Waals surface area contributed by atoms with Gasteiger partial charge in [-0.25, -0.2) is 0 Å². The van der Waals surface area contributed by atoms with Crippen LogP contribution in [-0.2, 0) is 55.8 Å². The highest BCUT2D eigenvalue weighted by Gasteiger charge is 2.32. The highest BCUT2D eigenvalue weighted by atomic mass is 32.2. The van der Waals surface area contributed by atoms with Gasteiger partial charge in [0.15, 0.2) is 6.29 Å². The van der Waals surface area contributed by atoms with Crippen molar-refractivity contribution in [2.75, 3.05) is 32.7 Å². The maximum Gasteiger partial charge on any atom is 0.183 e. The summed E-state index contributed by atoms with van der Waals surface area (Å²) in [5, 5.41) is 0. The van der Waals surface area contributed by atoms with Gasteiger partial charge in [-0.2, -0.15) is 0 Å². The summed E-state index contributed by atoms with van der Waals surface area (Å²) < 4.78 is 36.6. The van der Waals surface area contributed by atoms with E-state index in [2.05, 4.69) is 60.7 Å². The zero-order valence-electron chi connectivity index (χ0n) is 25.6. The topological polar surface area (TPSA) is 54.0 Å². The average molecular weight is 601 g/mol. The molecule has 0 heterocycles. The first kappa shape index (κ1) is 32.8. The molecule has 0 saturated carbocycles. The molecule has 0 amide bonds. The molecule has 4 aromatic carbocycles. The van der Waals surface area contributed by atoms with E-state index in [1.54, 1.807) is 6.26 Å². The standard InChI is InChI=1S/C37H44O5S/c1-4-41-36(42-5-2)34-20-16-30(17-21-34)24-37(28-39-26-32-12-8-6-9-13-32,29-40-27-33-14-10-7-11-15-33)25-31-18-22-35(23-19-31)43(3)38/h6-23,36H,4-5,24-29H2,1-3H3. The van der Waals surface area contributed by atoms with Crippen molar-refractivity contribution in [2.24, 2.45) is 5.41 Å². The van der Waals surface area contributed by atoms with Crippen molar-refractivity contribution in [3.63, 3.8) is 0 Å². The van der Waals surface area contributed by atoms with Crippen molar-refractivity contribution in [2.45, 2.75) is 51.1 Å². The van der Waals surface area contributed by atoms with Gasteiger partial charge in [0, 0.05) is 46.1 Å². The summed E-state index contributed by atoms with van der Waals surface area (Å²) in [5.74, 6) is 0. The third kappa shape index (κ3) is 10.5. The van der Waals surface area contributed by atoms with Gasteiger partial charge in [0.1, 0.15) is 0 Å². The van der Waals surface area contributed by atoms with Gasteiger partial charge in [0.25, 0.3) is 0 Å². The first-order valence-corrected chi connectivity index (χ1v) is 16.5. The molecular weight excluding hydrogens is 556 g/mol. The van der Waals surface area contributed by atoms with Crippen LogP contribution in [0.1, 0.15) is 48.0 Å². The number of benzene rings is 4. The van der Waals surface area contributed by atoms with Crippen LogP contribution >= 0.6 is 0 Å². The predicted octanol–water partition coefficient (Wildman–Crippen LogP) is 7.70. The SMILES string of the molecule is CCOC(OCC)c1ccc(CC(COCc2ccccc2)(COCc2ccccc2)Cc2ccc(S(C)=O)cc2)cc1. The zero-order valence-corrected chi connectivity index (χ0v) is 26.4. The average Bonchev–Trinajstić information content (AvgIpc) is 3.03. The molecule has 0 radical (unpaired) electrons. The highest BCUT2D eigenvalue weighted by Crippen LogP contribution is 2.32. The Bertz CT molecular complexity index is 1310. The van der Waals surface area contributed by atoms with Crippen LogP contribution in [0.3, 0.4) is 0 Å². The minimum Gasteiger partial charge on any atom is -0.376 e. The fourth-order valence-corrected chi connectivity index (χ4v) is 5.75. The molecule has 228 valence electrons. The smallest absolute Gasteiger partial charge is 0.183 e. The van der Waals surface area contributed by atoms with E-state index in [0.29, 0.717) is 39.6 Å². The molecule has 0 bridgehead atoms. The molecule has 43 heavy (non-hydrogen) atoms. The molecule has 1 unspecified atom stereocenters. The van der Waals surface area contributed by atoms with Crippen molar-refractivity contribution in [1.29, 1.82) is 0 Å². The fourth-order valence-electron chi connectivity index (χ4n) is 5.23. The van der Waals surface area contributed by atoms with Crippen molar-refractivity contribution in [3.8, 4) is 0 Å². The molecule has 0 aliphatic heterocycles. The van der Waals surface area contributed by atoms with E-state index in [4.69, 9.17) is 18.9 Å². The van der Waals surface area contributed by atoms with E-state index in [0.717, 1.165) is 40.0 Å². The summed E-state index contributed by atoms with van der Waals surface area (Å²) in [6.45, 7) is 7.20. The van der Waals surface area contributed by atoms with Gasteiger partial charge in [-0.1, -0.05) is 97.1 Å². The molecular formula is C37H44O5S. The van der Waals surface area contributed by atoms with Crippen LogP contribution in [0, 0.1) is 5.41 Å². The zero-order chi connectivity index (χ0) is 30.3. The van der Waals surface area contributed by atoms with E-state index in [9.17, 15) is 4.21 Å². The number of hydrogen-bond acceptors (Lipinski definition) is 5. The van der Waals surface area contributed by atoms with Crippen molar-refractivity contribution < 1.29 is 23.2 Å². The van der Waals surface area contributed by atoms with Gasteiger partial charge < -0.3 is 18.9 Å². The second-order valence-corrected chi connectivity index (χ2v) is 12.3. The summed E-state index contributed by atoms with van der Waals surface area (Å²) in [6.07, 6.45) is 2.83. The number of rotatable bonds is 18. The Morgan fingerprint density at radius 1 is 0.605 bits per heavy atom. The lowest BCUT2D eigenvalue weighted by molar-refractivity contribution is -0.140. The molecule has 0 fully saturated rings. The maximum atomic E-state index is 12.0. The Labute approximate surface area is 259 Å². The van der Waals surface area contributed by atoms with E-state index >= 15 is 0 Å². The molecule has 4 aromatic rings. The van der Waals surface area contributed by atoms with Crippen molar-refractivity contribution in [1.82, 2.24) is 0 Å². The van der Waals surface area contributed by atoms with Gasteiger partial charge in [0.2, 0.25) is 0 Å². The number of ether oxygens (including phenoxy) is 4. The van der Waals surface area contributed by atoms with Crippen LogP contribution in [0.2, 0.25) is 0 Å². The molecule has 0 saturated heterocycles. The molecule has 5 nitrogen and oxygen atoms in total. The van der Waals surface area contributed by atoms with E-state index < -0.39 is 10.8 Å². The summed E-state index contributed by atoms with van der Waals surface area (Å²) >= 11 is 0. The monoisotopic (exact) mass is 600 g/mol. The summed E-state index contributed by atoms with van der Waals surface area (Å²) in [7, 11) is -1.02. The Hall–Kier alpha value is -3.13. The van der Waals surface area contributed by atoms with Crippen molar-refractivity contribution in [3.05, 3.63) is 137 Å². The van der Waals surface area contributed by atoms with Crippen LogP contribution in [-0.4, -0.2) is 36.9 Å². The predicted molar refractivity (Wildman–Crippen MR) is 173 cm³/mol. The molecule has 0 spiro atoms. The second-order valence-electron chi connectivity index (χ2n) is 10.9. The molecule has 0 N–H and O–H groups in total. The first-order valence-electron chi connectivity index (χ1n) is 15.0. The molecule has 4 rings (SSSR count).